The van der Waals surface area contributed by atoms with Gasteiger partial charge in [-0.05, 0) is 23.3 Å². The van der Waals surface area contributed by atoms with Crippen LogP contribution in [0, 0.1) is 0 Å². The fraction of sp³-hybridized carbons (Fsp3) is 0.250. The van der Waals surface area contributed by atoms with Gasteiger partial charge in [0.15, 0.2) is 0 Å². The first-order chi connectivity index (χ1) is 9.76. The molecule has 2 N–H and O–H groups in total. The van der Waals surface area contributed by atoms with Crippen molar-refractivity contribution in [2.75, 3.05) is 14.2 Å². The molecule has 2 aromatic rings. The highest BCUT2D eigenvalue weighted by molar-refractivity contribution is 5.81. The molecule has 0 aliphatic carbocycles. The molecule has 0 aromatic heterocycles. The van der Waals surface area contributed by atoms with E-state index in [9.17, 15) is 10.2 Å². The minimum absolute atomic E-state index is 0.116. The third kappa shape index (κ3) is 2.48. The van der Waals surface area contributed by atoms with Crippen molar-refractivity contribution in [1.29, 1.82) is 0 Å². The molecule has 106 valence electrons. The summed E-state index contributed by atoms with van der Waals surface area (Å²) in [6.45, 7) is -0.231. The Hall–Kier alpha value is -2.04. The van der Waals surface area contributed by atoms with Crippen molar-refractivity contribution in [3.8, 4) is 22.6 Å². The normalized spacial score (nSPS) is 10.4. The first-order valence-electron chi connectivity index (χ1n) is 6.30. The second-order valence-corrected chi connectivity index (χ2v) is 4.31. The van der Waals surface area contributed by atoms with Crippen molar-refractivity contribution < 1.29 is 19.7 Å². The molecule has 20 heavy (non-hydrogen) atoms. The third-order valence-electron chi connectivity index (χ3n) is 3.26. The molecule has 0 aliphatic heterocycles. The van der Waals surface area contributed by atoms with E-state index in [-0.39, 0.29) is 13.2 Å². The smallest absolute Gasteiger partial charge is 0.127 e. The van der Waals surface area contributed by atoms with Crippen LogP contribution < -0.4 is 9.47 Å². The van der Waals surface area contributed by atoms with Crippen LogP contribution in [-0.2, 0) is 13.2 Å². The summed E-state index contributed by atoms with van der Waals surface area (Å²) < 4.78 is 10.8. The molecule has 0 saturated heterocycles. The number of aliphatic hydroxyl groups excluding tert-OH is 2. The van der Waals surface area contributed by atoms with Crippen molar-refractivity contribution in [3.63, 3.8) is 0 Å². The van der Waals surface area contributed by atoms with Crippen molar-refractivity contribution in [1.82, 2.24) is 0 Å². The van der Waals surface area contributed by atoms with Crippen LogP contribution in [0.5, 0.6) is 11.5 Å². The molecule has 0 aliphatic rings. The zero-order valence-corrected chi connectivity index (χ0v) is 11.6. The first-order valence-corrected chi connectivity index (χ1v) is 6.30. The van der Waals surface area contributed by atoms with Crippen molar-refractivity contribution in [2.45, 2.75) is 13.2 Å². The Morgan fingerprint density at radius 2 is 1.15 bits per heavy atom. The molecule has 0 saturated carbocycles. The van der Waals surface area contributed by atoms with Crippen molar-refractivity contribution in [2.24, 2.45) is 0 Å². The lowest BCUT2D eigenvalue weighted by molar-refractivity contribution is 0.279. The van der Waals surface area contributed by atoms with Gasteiger partial charge in [-0.15, -0.1) is 0 Å². The molecule has 0 spiro atoms. The monoisotopic (exact) mass is 274 g/mol. The number of hydrogen-bond donors (Lipinski definition) is 2. The highest BCUT2D eigenvalue weighted by Crippen LogP contribution is 2.41. The minimum Gasteiger partial charge on any atom is -0.496 e. The summed E-state index contributed by atoms with van der Waals surface area (Å²) in [5.41, 5.74) is 2.95. The van der Waals surface area contributed by atoms with Gasteiger partial charge < -0.3 is 19.7 Å². The minimum atomic E-state index is -0.116. The average molecular weight is 274 g/mol. The Kier molecular flexibility index (Phi) is 4.61. The van der Waals surface area contributed by atoms with Gasteiger partial charge in [0.25, 0.3) is 0 Å². The fourth-order valence-corrected chi connectivity index (χ4v) is 2.32. The Morgan fingerprint density at radius 1 is 0.750 bits per heavy atom. The van der Waals surface area contributed by atoms with E-state index in [1.54, 1.807) is 14.2 Å². The van der Waals surface area contributed by atoms with Gasteiger partial charge in [-0.2, -0.15) is 0 Å². The maximum absolute atomic E-state index is 9.57. The van der Waals surface area contributed by atoms with Gasteiger partial charge in [0.2, 0.25) is 0 Å². The Morgan fingerprint density at radius 3 is 1.45 bits per heavy atom. The zero-order chi connectivity index (χ0) is 14.5. The molecular formula is C16H18O4. The lowest BCUT2D eigenvalue weighted by atomic mass is 9.94. The molecule has 0 fully saturated rings. The molecule has 0 radical (unpaired) electrons. The predicted molar refractivity (Wildman–Crippen MR) is 76.8 cm³/mol. The van der Waals surface area contributed by atoms with Crippen LogP contribution in [0.25, 0.3) is 11.1 Å². The highest BCUT2D eigenvalue weighted by Gasteiger charge is 2.18. The average Bonchev–Trinajstić information content (AvgIpc) is 2.52. The van der Waals surface area contributed by atoms with Crippen LogP contribution in [0.4, 0.5) is 0 Å². The Balaban J connectivity index is 2.79. The number of methoxy groups -OCH3 is 2. The molecule has 0 amide bonds. The van der Waals surface area contributed by atoms with Gasteiger partial charge >= 0.3 is 0 Å². The van der Waals surface area contributed by atoms with Gasteiger partial charge in [-0.3, -0.25) is 0 Å². The highest BCUT2D eigenvalue weighted by atomic mass is 16.5. The van der Waals surface area contributed by atoms with E-state index in [1.807, 2.05) is 36.4 Å². The number of aliphatic hydroxyl groups is 2. The van der Waals surface area contributed by atoms with Gasteiger partial charge in [0.05, 0.1) is 27.4 Å². The number of hydrogen-bond acceptors (Lipinski definition) is 4. The van der Waals surface area contributed by atoms with Crippen LogP contribution in [0.1, 0.15) is 11.1 Å². The molecule has 0 bridgehead atoms. The maximum Gasteiger partial charge on any atom is 0.127 e. The summed E-state index contributed by atoms with van der Waals surface area (Å²) in [6, 6.07) is 10.9. The topological polar surface area (TPSA) is 58.9 Å². The predicted octanol–water partition coefficient (Wildman–Crippen LogP) is 2.36. The van der Waals surface area contributed by atoms with E-state index >= 15 is 0 Å². The van der Waals surface area contributed by atoms with E-state index in [1.165, 1.54) is 0 Å². The first kappa shape index (κ1) is 14.4. The standard InChI is InChI=1S/C16H18O4/c1-19-13-7-3-5-11(9-17)15(13)16-12(10-18)6-4-8-14(16)20-2/h3-8,17-18H,9-10H2,1-2H3. The lowest BCUT2D eigenvalue weighted by Gasteiger charge is -2.18. The van der Waals surface area contributed by atoms with Gasteiger partial charge in [-0.1, -0.05) is 24.3 Å². The van der Waals surface area contributed by atoms with E-state index < -0.39 is 0 Å². The van der Waals surface area contributed by atoms with E-state index in [0.717, 1.165) is 22.3 Å². The molecule has 0 unspecified atom stereocenters. The fourth-order valence-electron chi connectivity index (χ4n) is 2.32. The van der Waals surface area contributed by atoms with Crippen molar-refractivity contribution >= 4 is 0 Å². The molecule has 4 heteroatoms. The van der Waals surface area contributed by atoms with Crippen LogP contribution in [-0.4, -0.2) is 24.4 Å². The summed E-state index contributed by atoms with van der Waals surface area (Å²) in [4.78, 5) is 0. The largest absolute Gasteiger partial charge is 0.496 e. The number of benzene rings is 2. The molecule has 0 heterocycles. The van der Waals surface area contributed by atoms with E-state index in [4.69, 9.17) is 9.47 Å². The summed E-state index contributed by atoms with van der Waals surface area (Å²) in [5.74, 6) is 1.27. The molecule has 0 atom stereocenters. The van der Waals surface area contributed by atoms with Gasteiger partial charge in [0.1, 0.15) is 11.5 Å². The zero-order valence-electron chi connectivity index (χ0n) is 11.6. The summed E-state index contributed by atoms with van der Waals surface area (Å²) in [7, 11) is 3.15. The van der Waals surface area contributed by atoms with E-state index in [2.05, 4.69) is 0 Å². The summed E-state index contributed by atoms with van der Waals surface area (Å²) in [6.07, 6.45) is 0. The molecule has 2 aromatic carbocycles. The van der Waals surface area contributed by atoms with Crippen LogP contribution in [0.3, 0.4) is 0 Å². The number of ether oxygens (including phenoxy) is 2. The SMILES string of the molecule is COc1cccc(CO)c1-c1c(CO)cccc1OC. The van der Waals surface area contributed by atoms with E-state index in [0.29, 0.717) is 11.5 Å². The Labute approximate surface area is 118 Å². The van der Waals surface area contributed by atoms with Gasteiger partial charge in [0, 0.05) is 11.1 Å². The second kappa shape index (κ2) is 6.41. The summed E-state index contributed by atoms with van der Waals surface area (Å²) >= 11 is 0. The lowest BCUT2D eigenvalue weighted by Crippen LogP contribution is -2.00. The molecular weight excluding hydrogens is 256 g/mol. The van der Waals surface area contributed by atoms with Gasteiger partial charge in [-0.25, -0.2) is 0 Å². The quantitative estimate of drug-likeness (QED) is 0.878. The van der Waals surface area contributed by atoms with Crippen molar-refractivity contribution in [3.05, 3.63) is 47.5 Å². The Bertz CT molecular complexity index is 495. The summed E-state index contributed by atoms with van der Waals surface area (Å²) in [5, 5.41) is 19.1. The molecule has 2 rings (SSSR count). The van der Waals surface area contributed by atoms with Crippen LogP contribution in [0.15, 0.2) is 36.4 Å². The van der Waals surface area contributed by atoms with Crippen LogP contribution >= 0.6 is 0 Å². The molecule has 4 nitrogen and oxygen atoms in total. The number of rotatable bonds is 5. The van der Waals surface area contributed by atoms with Crippen LogP contribution in [0.2, 0.25) is 0 Å². The maximum atomic E-state index is 9.57. The third-order valence-corrected chi connectivity index (χ3v) is 3.26. The second-order valence-electron chi connectivity index (χ2n) is 4.31.